The minimum atomic E-state index is 0.0947. The van der Waals surface area contributed by atoms with Crippen molar-refractivity contribution in [2.24, 2.45) is 23.7 Å². The van der Waals surface area contributed by atoms with Crippen molar-refractivity contribution in [2.45, 2.75) is 37.5 Å². The van der Waals surface area contributed by atoms with E-state index >= 15 is 0 Å². The number of halogens is 2. The van der Waals surface area contributed by atoms with E-state index in [1.807, 2.05) is 6.07 Å². The molecular formula is C28H24Cl2. The highest BCUT2D eigenvalue weighted by atomic mass is 35.5. The summed E-state index contributed by atoms with van der Waals surface area (Å²) in [6.07, 6.45) is 6.93. The lowest BCUT2D eigenvalue weighted by Crippen LogP contribution is -2.55. The maximum atomic E-state index is 6.97. The van der Waals surface area contributed by atoms with E-state index in [1.165, 1.54) is 65.5 Å². The van der Waals surface area contributed by atoms with Crippen molar-refractivity contribution in [2.75, 3.05) is 0 Å². The normalized spacial score (nSPS) is 32.5. The van der Waals surface area contributed by atoms with Crippen LogP contribution in [0.4, 0.5) is 0 Å². The first-order valence-corrected chi connectivity index (χ1v) is 12.1. The van der Waals surface area contributed by atoms with Crippen molar-refractivity contribution in [3.05, 3.63) is 81.8 Å². The molecule has 2 heteroatoms. The number of hydrogen-bond acceptors (Lipinski definition) is 0. The summed E-state index contributed by atoms with van der Waals surface area (Å²) in [5.74, 6) is 3.29. The van der Waals surface area contributed by atoms with Gasteiger partial charge in [-0.05, 0) is 95.7 Å². The fourth-order valence-corrected chi connectivity index (χ4v) is 8.72. The van der Waals surface area contributed by atoms with Gasteiger partial charge in [0.2, 0.25) is 0 Å². The maximum Gasteiger partial charge on any atom is 0.0502 e. The van der Waals surface area contributed by atoms with Crippen molar-refractivity contribution in [3.63, 3.8) is 0 Å². The third-order valence-corrected chi connectivity index (χ3v) is 9.29. The third-order valence-electron chi connectivity index (χ3n) is 8.77. The highest BCUT2D eigenvalue weighted by Crippen LogP contribution is 2.70. The van der Waals surface area contributed by atoms with Gasteiger partial charge in [0.25, 0.3) is 0 Å². The minimum absolute atomic E-state index is 0.0947. The summed E-state index contributed by atoms with van der Waals surface area (Å²) in [5.41, 5.74) is 8.24. The standard InChI is InChI=1S/C28H24Cl2/c29-21-14-24-27(25(30)15-21)26-22(18-5-2-1-3-6-18)7-4-8-23(26)28(24)19-10-16-9-17(12-19)13-20(28)11-16/h1-8,14-17,19-20H,9-13H2. The first kappa shape index (κ1) is 17.9. The predicted octanol–water partition coefficient (Wildman–Crippen LogP) is 8.38. The summed E-state index contributed by atoms with van der Waals surface area (Å²) >= 11 is 13.6. The highest BCUT2D eigenvalue weighted by molar-refractivity contribution is 6.37. The van der Waals surface area contributed by atoms with Gasteiger partial charge in [-0.2, -0.15) is 0 Å². The van der Waals surface area contributed by atoms with E-state index in [-0.39, 0.29) is 5.41 Å². The van der Waals surface area contributed by atoms with Crippen LogP contribution in [0.1, 0.15) is 43.2 Å². The lowest BCUT2D eigenvalue weighted by Gasteiger charge is -2.61. The van der Waals surface area contributed by atoms with E-state index in [0.29, 0.717) is 11.8 Å². The zero-order chi connectivity index (χ0) is 20.0. The van der Waals surface area contributed by atoms with E-state index in [2.05, 4.69) is 54.6 Å². The summed E-state index contributed by atoms with van der Waals surface area (Å²) in [4.78, 5) is 0. The van der Waals surface area contributed by atoms with Crippen LogP contribution in [-0.2, 0) is 5.41 Å². The highest BCUT2D eigenvalue weighted by Gasteiger charge is 2.62. The molecule has 3 aromatic rings. The van der Waals surface area contributed by atoms with Gasteiger partial charge < -0.3 is 0 Å². The summed E-state index contributed by atoms with van der Waals surface area (Å²) in [6, 6.07) is 22.0. The van der Waals surface area contributed by atoms with Crippen molar-refractivity contribution in [1.29, 1.82) is 0 Å². The lowest BCUT2D eigenvalue weighted by atomic mass is 9.43. The molecule has 0 saturated heterocycles. The molecule has 3 aromatic carbocycles. The molecule has 1 spiro atoms. The topological polar surface area (TPSA) is 0 Å². The molecule has 0 aliphatic heterocycles. The number of fused-ring (bicyclic) bond motifs is 3. The van der Waals surface area contributed by atoms with Crippen LogP contribution in [0.3, 0.4) is 0 Å². The van der Waals surface area contributed by atoms with E-state index in [9.17, 15) is 0 Å². The monoisotopic (exact) mass is 430 g/mol. The molecule has 5 aliphatic carbocycles. The molecule has 0 radical (unpaired) electrons. The van der Waals surface area contributed by atoms with Gasteiger partial charge in [0.1, 0.15) is 0 Å². The number of hydrogen-bond donors (Lipinski definition) is 0. The Balaban J connectivity index is 1.58. The minimum Gasteiger partial charge on any atom is -0.0843 e. The van der Waals surface area contributed by atoms with E-state index in [0.717, 1.165) is 21.9 Å². The first-order valence-electron chi connectivity index (χ1n) is 11.3. The summed E-state index contributed by atoms with van der Waals surface area (Å²) in [5, 5.41) is 1.59. The molecular weight excluding hydrogens is 407 g/mol. The molecule has 4 bridgehead atoms. The van der Waals surface area contributed by atoms with Gasteiger partial charge >= 0.3 is 0 Å². The Bertz CT molecular complexity index is 1150. The van der Waals surface area contributed by atoms with Crippen molar-refractivity contribution in [3.8, 4) is 22.3 Å². The molecule has 0 unspecified atom stereocenters. The molecule has 8 rings (SSSR count). The van der Waals surface area contributed by atoms with Gasteiger partial charge in [-0.1, -0.05) is 71.7 Å². The average Bonchev–Trinajstić information content (AvgIpc) is 3.03. The summed E-state index contributed by atoms with van der Waals surface area (Å²) in [6.45, 7) is 0. The molecule has 5 aliphatic rings. The van der Waals surface area contributed by atoms with E-state index in [4.69, 9.17) is 23.2 Å². The molecule has 0 atom stereocenters. The average molecular weight is 431 g/mol. The largest absolute Gasteiger partial charge is 0.0843 e. The Labute approximate surface area is 188 Å². The first-order chi connectivity index (χ1) is 14.7. The van der Waals surface area contributed by atoms with Crippen LogP contribution in [0.25, 0.3) is 22.3 Å². The van der Waals surface area contributed by atoms with Crippen LogP contribution in [0, 0.1) is 23.7 Å². The summed E-state index contributed by atoms with van der Waals surface area (Å²) < 4.78 is 0. The van der Waals surface area contributed by atoms with Gasteiger partial charge in [-0.15, -0.1) is 0 Å². The molecule has 0 nitrogen and oxygen atoms in total. The second kappa shape index (κ2) is 6.15. The van der Waals surface area contributed by atoms with Gasteiger partial charge in [0.15, 0.2) is 0 Å². The smallest absolute Gasteiger partial charge is 0.0502 e. The Kier molecular flexibility index (Phi) is 3.66. The second-order valence-electron chi connectivity index (χ2n) is 10.1. The molecule has 0 aromatic heterocycles. The molecule has 4 fully saturated rings. The number of benzene rings is 3. The quantitative estimate of drug-likeness (QED) is 0.363. The Hall–Kier alpha value is -1.76. The lowest BCUT2D eigenvalue weighted by molar-refractivity contribution is -0.0399. The zero-order valence-corrected chi connectivity index (χ0v) is 18.4. The van der Waals surface area contributed by atoms with Crippen LogP contribution in [0.15, 0.2) is 60.7 Å². The fraction of sp³-hybridized carbons (Fsp3) is 0.357. The maximum absolute atomic E-state index is 6.97. The summed E-state index contributed by atoms with van der Waals surface area (Å²) in [7, 11) is 0. The molecule has 0 heterocycles. The fourth-order valence-electron chi connectivity index (χ4n) is 8.13. The number of rotatable bonds is 1. The molecule has 30 heavy (non-hydrogen) atoms. The van der Waals surface area contributed by atoms with Gasteiger partial charge in [0.05, 0.1) is 5.02 Å². The molecule has 4 saturated carbocycles. The van der Waals surface area contributed by atoms with Crippen molar-refractivity contribution < 1.29 is 0 Å². The van der Waals surface area contributed by atoms with Crippen molar-refractivity contribution >= 4 is 23.2 Å². The van der Waals surface area contributed by atoms with Crippen molar-refractivity contribution in [1.82, 2.24) is 0 Å². The van der Waals surface area contributed by atoms with Crippen LogP contribution in [0.5, 0.6) is 0 Å². The van der Waals surface area contributed by atoms with Gasteiger partial charge in [0, 0.05) is 16.0 Å². The molecule has 0 N–H and O–H groups in total. The third kappa shape index (κ3) is 2.15. The van der Waals surface area contributed by atoms with E-state index in [1.54, 1.807) is 0 Å². The van der Waals surface area contributed by atoms with Crippen LogP contribution >= 0.6 is 23.2 Å². The van der Waals surface area contributed by atoms with Gasteiger partial charge in [-0.3, -0.25) is 0 Å². The zero-order valence-electron chi connectivity index (χ0n) is 16.9. The van der Waals surface area contributed by atoms with Crippen LogP contribution < -0.4 is 0 Å². The Morgan fingerprint density at radius 3 is 2.07 bits per heavy atom. The second-order valence-corrected chi connectivity index (χ2v) is 10.9. The molecule has 150 valence electrons. The molecule has 0 amide bonds. The SMILES string of the molecule is Clc1cc(Cl)c2c(c1)C1(c3cccc(-c4ccccc4)c3-2)C2CC3CC(C2)CC1C3. The Morgan fingerprint density at radius 1 is 0.667 bits per heavy atom. The van der Waals surface area contributed by atoms with Crippen LogP contribution in [-0.4, -0.2) is 0 Å². The predicted molar refractivity (Wildman–Crippen MR) is 125 cm³/mol. The van der Waals surface area contributed by atoms with Crippen LogP contribution in [0.2, 0.25) is 10.0 Å². The Morgan fingerprint density at radius 2 is 1.37 bits per heavy atom. The van der Waals surface area contributed by atoms with Gasteiger partial charge in [-0.25, -0.2) is 0 Å². The van der Waals surface area contributed by atoms with E-state index < -0.39 is 0 Å².